The Balaban J connectivity index is 1.54. The Kier molecular flexibility index (Phi) is 6.98. The van der Waals surface area contributed by atoms with E-state index in [1.807, 2.05) is 24.3 Å². The lowest BCUT2D eigenvalue weighted by Gasteiger charge is -2.14. The van der Waals surface area contributed by atoms with Crippen LogP contribution in [0.1, 0.15) is 34.6 Å². The molecule has 2 heterocycles. The second-order valence-electron chi connectivity index (χ2n) is 9.09. The number of fused-ring (bicyclic) bond motifs is 1. The molecule has 3 aromatic rings. The summed E-state index contributed by atoms with van der Waals surface area (Å²) in [6.45, 7) is 0.579. The van der Waals surface area contributed by atoms with Crippen molar-refractivity contribution in [2.24, 2.45) is 10.7 Å². The molecule has 0 radical (unpaired) electrons. The number of nitro groups is 1. The maximum atomic E-state index is 13.2. The van der Waals surface area contributed by atoms with Crippen molar-refractivity contribution in [3.8, 4) is 0 Å². The van der Waals surface area contributed by atoms with Gasteiger partial charge in [0.25, 0.3) is 11.6 Å². The zero-order chi connectivity index (χ0) is 27.5. The van der Waals surface area contributed by atoms with Crippen molar-refractivity contribution in [2.75, 3.05) is 11.9 Å². The van der Waals surface area contributed by atoms with Crippen molar-refractivity contribution < 1.29 is 19.3 Å². The number of nitrogens with one attached hydrogen (secondary N) is 3. The van der Waals surface area contributed by atoms with Crippen LogP contribution in [0.15, 0.2) is 77.4 Å². The van der Waals surface area contributed by atoms with Gasteiger partial charge in [-0.25, -0.2) is 4.79 Å². The fourth-order valence-corrected chi connectivity index (χ4v) is 4.51. The van der Waals surface area contributed by atoms with E-state index in [1.165, 1.54) is 24.3 Å². The predicted molar refractivity (Wildman–Crippen MR) is 146 cm³/mol. The second-order valence-corrected chi connectivity index (χ2v) is 9.09. The van der Waals surface area contributed by atoms with Crippen molar-refractivity contribution in [3.63, 3.8) is 0 Å². The summed E-state index contributed by atoms with van der Waals surface area (Å²) < 4.78 is 0. The van der Waals surface area contributed by atoms with E-state index in [1.54, 1.807) is 24.3 Å². The van der Waals surface area contributed by atoms with Crippen LogP contribution in [0.5, 0.6) is 0 Å². The molecule has 1 fully saturated rings. The van der Waals surface area contributed by atoms with Crippen LogP contribution in [0.3, 0.4) is 0 Å². The minimum Gasteiger partial charge on any atom is -0.330 e. The number of carbonyl (C=O) groups is 3. The van der Waals surface area contributed by atoms with Gasteiger partial charge < -0.3 is 16.4 Å². The van der Waals surface area contributed by atoms with E-state index in [0.717, 1.165) is 18.4 Å². The first-order chi connectivity index (χ1) is 18.8. The van der Waals surface area contributed by atoms with Gasteiger partial charge in [0.15, 0.2) is 0 Å². The fraction of sp³-hybridized carbons (Fsp3) is 0.143. The number of hydrogen-bond donors (Lipinski definition) is 4. The minimum absolute atomic E-state index is 0.118. The number of benzene rings is 3. The molecule has 11 nitrogen and oxygen atoms in total. The first kappa shape index (κ1) is 25.5. The number of rotatable bonds is 8. The second kappa shape index (κ2) is 10.7. The summed E-state index contributed by atoms with van der Waals surface area (Å²) in [7, 11) is 0. The molecule has 196 valence electrons. The standard InChI is InChI=1S/C28H24N6O5/c29-13-1-2-16-3-7-18(8-4-16)25(24-21-15-20(34(38)39)11-12-22(21)31-27(24)36)30-19-9-5-17(6-10-19)14-23-26(35)33-28(37)32-23/h3-12,14-15,24H,1-2,13,29H2,(H,31,36)(H2,32,33,35,37). The Morgan fingerprint density at radius 2 is 1.72 bits per heavy atom. The minimum atomic E-state index is -0.867. The van der Waals surface area contributed by atoms with E-state index in [9.17, 15) is 24.5 Å². The third kappa shape index (κ3) is 5.43. The molecular weight excluding hydrogens is 500 g/mol. The van der Waals surface area contributed by atoms with Crippen LogP contribution in [0.4, 0.5) is 21.9 Å². The highest BCUT2D eigenvalue weighted by Crippen LogP contribution is 2.38. The van der Waals surface area contributed by atoms with E-state index in [4.69, 9.17) is 10.7 Å². The van der Waals surface area contributed by atoms with Crippen LogP contribution in [0.25, 0.3) is 6.08 Å². The molecule has 1 saturated heterocycles. The molecule has 5 N–H and O–H groups in total. The maximum absolute atomic E-state index is 13.2. The summed E-state index contributed by atoms with van der Waals surface area (Å²) in [5.74, 6) is -1.71. The Morgan fingerprint density at radius 1 is 0.974 bits per heavy atom. The highest BCUT2D eigenvalue weighted by Gasteiger charge is 2.36. The Labute approximate surface area is 223 Å². The molecule has 3 aromatic carbocycles. The van der Waals surface area contributed by atoms with Crippen molar-refractivity contribution in [1.29, 1.82) is 0 Å². The number of carbonyl (C=O) groups excluding carboxylic acids is 3. The summed E-state index contributed by atoms with van der Waals surface area (Å²) in [6.07, 6.45) is 3.20. The number of non-ortho nitro benzene ring substituents is 1. The van der Waals surface area contributed by atoms with Gasteiger partial charge in [0.2, 0.25) is 5.91 Å². The molecule has 11 heteroatoms. The summed E-state index contributed by atoms with van der Waals surface area (Å²) in [5, 5.41) is 18.8. The van der Waals surface area contributed by atoms with Gasteiger partial charge in [-0.1, -0.05) is 36.4 Å². The van der Waals surface area contributed by atoms with Gasteiger partial charge in [0.05, 0.1) is 16.3 Å². The lowest BCUT2D eigenvalue weighted by atomic mass is 9.89. The van der Waals surface area contributed by atoms with Crippen molar-refractivity contribution in [2.45, 2.75) is 18.8 Å². The lowest BCUT2D eigenvalue weighted by Crippen LogP contribution is -2.22. The molecule has 39 heavy (non-hydrogen) atoms. The highest BCUT2D eigenvalue weighted by molar-refractivity contribution is 6.24. The number of nitrogens with two attached hydrogens (primary N) is 1. The number of amides is 4. The van der Waals surface area contributed by atoms with Gasteiger partial charge in [-0.15, -0.1) is 0 Å². The first-order valence-electron chi connectivity index (χ1n) is 12.2. The van der Waals surface area contributed by atoms with Crippen molar-refractivity contribution in [1.82, 2.24) is 10.6 Å². The molecule has 1 atom stereocenters. The number of aliphatic imine (C=N–C) groups is 1. The quantitative estimate of drug-likeness (QED) is 0.116. The number of hydrogen-bond acceptors (Lipinski definition) is 7. The largest absolute Gasteiger partial charge is 0.330 e. The van der Waals surface area contributed by atoms with Crippen LogP contribution < -0.4 is 21.7 Å². The molecule has 5 rings (SSSR count). The van der Waals surface area contributed by atoms with Crippen LogP contribution >= 0.6 is 0 Å². The number of urea groups is 1. The van der Waals surface area contributed by atoms with Gasteiger partial charge in [-0.3, -0.25) is 30.0 Å². The summed E-state index contributed by atoms with van der Waals surface area (Å²) in [6, 6.07) is 18.3. The highest BCUT2D eigenvalue weighted by atomic mass is 16.6. The van der Waals surface area contributed by atoms with Crippen LogP contribution in [0, 0.1) is 10.1 Å². The van der Waals surface area contributed by atoms with E-state index in [-0.39, 0.29) is 17.3 Å². The van der Waals surface area contributed by atoms with Gasteiger partial charge in [-0.2, -0.15) is 0 Å². The number of nitro benzene ring substituents is 1. The van der Waals surface area contributed by atoms with E-state index in [2.05, 4.69) is 16.0 Å². The zero-order valence-corrected chi connectivity index (χ0v) is 20.6. The molecule has 0 aromatic heterocycles. The molecule has 0 spiro atoms. The van der Waals surface area contributed by atoms with Gasteiger partial charge in [0, 0.05) is 23.4 Å². The maximum Gasteiger partial charge on any atom is 0.326 e. The molecule has 1 unspecified atom stereocenters. The normalized spacial score (nSPS) is 17.6. The van der Waals surface area contributed by atoms with Crippen LogP contribution in [0.2, 0.25) is 0 Å². The first-order valence-corrected chi connectivity index (χ1v) is 12.2. The lowest BCUT2D eigenvalue weighted by molar-refractivity contribution is -0.384. The topological polar surface area (TPSA) is 169 Å². The van der Waals surface area contributed by atoms with Crippen molar-refractivity contribution in [3.05, 3.63) is 105 Å². The third-order valence-corrected chi connectivity index (χ3v) is 6.44. The average molecular weight is 525 g/mol. The predicted octanol–water partition coefficient (Wildman–Crippen LogP) is 3.52. The number of imide groups is 1. The van der Waals surface area contributed by atoms with E-state index >= 15 is 0 Å². The molecule has 0 saturated carbocycles. The van der Waals surface area contributed by atoms with Crippen molar-refractivity contribution >= 4 is 46.7 Å². The number of nitrogens with zero attached hydrogens (tertiary/aromatic N) is 2. The molecule has 0 aliphatic carbocycles. The van der Waals surface area contributed by atoms with Gasteiger partial charge in [0.1, 0.15) is 11.6 Å². The van der Waals surface area contributed by atoms with Crippen LogP contribution in [-0.4, -0.2) is 35.0 Å². The van der Waals surface area contributed by atoms with Gasteiger partial charge in [-0.05, 0) is 60.4 Å². The van der Waals surface area contributed by atoms with Gasteiger partial charge >= 0.3 is 6.03 Å². The molecule has 2 aliphatic heterocycles. The molecule has 0 bridgehead atoms. The molecular formula is C28H24N6O5. The number of aryl methyl sites for hydroxylation is 1. The summed E-state index contributed by atoms with van der Waals surface area (Å²) in [4.78, 5) is 52.1. The Hall–Kier alpha value is -5.16. The van der Waals surface area contributed by atoms with Crippen LogP contribution in [-0.2, 0) is 16.0 Å². The summed E-state index contributed by atoms with van der Waals surface area (Å²) in [5.41, 5.74) is 10.0. The number of anilines is 1. The Morgan fingerprint density at radius 3 is 2.36 bits per heavy atom. The average Bonchev–Trinajstić information content (AvgIpc) is 3.43. The molecule has 2 aliphatic rings. The smallest absolute Gasteiger partial charge is 0.326 e. The SMILES string of the molecule is NCCCc1ccc(C(=Nc2ccc(C=C3NC(=O)NC3=O)cc2)C2C(=O)Nc3ccc([N+](=O)[O-])cc32)cc1. The third-order valence-electron chi connectivity index (χ3n) is 6.44. The molecule has 4 amide bonds. The Bertz CT molecular complexity index is 1540. The summed E-state index contributed by atoms with van der Waals surface area (Å²) >= 11 is 0. The van der Waals surface area contributed by atoms with E-state index < -0.39 is 22.8 Å². The fourth-order valence-electron chi connectivity index (χ4n) is 4.51. The monoisotopic (exact) mass is 524 g/mol. The van der Waals surface area contributed by atoms with E-state index in [0.29, 0.717) is 40.3 Å². The zero-order valence-electron chi connectivity index (χ0n) is 20.6.